The maximum atomic E-state index is 12.0. The second-order valence-corrected chi connectivity index (χ2v) is 4.85. The van der Waals surface area contributed by atoms with Gasteiger partial charge in [-0.2, -0.15) is 0 Å². The van der Waals surface area contributed by atoms with Gasteiger partial charge in [0, 0.05) is 39.1 Å². The highest BCUT2D eigenvalue weighted by molar-refractivity contribution is 7.80. The monoisotopic (exact) mass is 267 g/mol. The minimum atomic E-state index is -0.0333. The molecule has 18 heavy (non-hydrogen) atoms. The van der Waals surface area contributed by atoms with Crippen LogP contribution in [0.1, 0.15) is 17.0 Å². The number of rotatable bonds is 4. The summed E-state index contributed by atoms with van der Waals surface area (Å²) in [5.41, 5.74) is 5.48. The van der Waals surface area contributed by atoms with Gasteiger partial charge in [0.15, 0.2) is 5.76 Å². The fraction of sp³-hybridized carbons (Fsp3) is 0.500. The van der Waals surface area contributed by atoms with Gasteiger partial charge in [0.2, 0.25) is 0 Å². The van der Waals surface area contributed by atoms with Crippen molar-refractivity contribution in [2.24, 2.45) is 5.73 Å². The molecule has 0 spiro atoms. The Morgan fingerprint density at radius 3 is 2.67 bits per heavy atom. The first-order valence-corrected chi connectivity index (χ1v) is 6.41. The Morgan fingerprint density at radius 2 is 2.11 bits per heavy atom. The Balaban J connectivity index is 1.80. The Bertz CT molecular complexity index is 411. The quantitative estimate of drug-likeness (QED) is 0.814. The third kappa shape index (κ3) is 3.30. The van der Waals surface area contributed by atoms with Crippen LogP contribution in [-0.4, -0.2) is 53.4 Å². The zero-order valence-corrected chi connectivity index (χ0v) is 11.0. The molecule has 1 amide bonds. The van der Waals surface area contributed by atoms with E-state index in [1.807, 2.05) is 4.90 Å². The highest BCUT2D eigenvalue weighted by Crippen LogP contribution is 2.09. The Kier molecular flexibility index (Phi) is 4.33. The van der Waals surface area contributed by atoms with Crippen LogP contribution in [0.15, 0.2) is 22.8 Å². The van der Waals surface area contributed by atoms with Gasteiger partial charge in [-0.25, -0.2) is 0 Å². The summed E-state index contributed by atoms with van der Waals surface area (Å²) in [6.07, 6.45) is 2.26. The zero-order valence-electron chi connectivity index (χ0n) is 10.2. The van der Waals surface area contributed by atoms with Crippen LogP contribution < -0.4 is 5.73 Å². The van der Waals surface area contributed by atoms with Gasteiger partial charge in [-0.15, -0.1) is 0 Å². The molecule has 1 aromatic rings. The number of carbonyl (C=O) groups excluding carboxylic acids is 1. The van der Waals surface area contributed by atoms with Crippen molar-refractivity contribution in [3.05, 3.63) is 24.2 Å². The van der Waals surface area contributed by atoms with Gasteiger partial charge in [0.05, 0.1) is 11.3 Å². The van der Waals surface area contributed by atoms with E-state index in [-0.39, 0.29) is 5.91 Å². The molecule has 2 rings (SSSR count). The van der Waals surface area contributed by atoms with E-state index in [0.717, 1.165) is 39.1 Å². The van der Waals surface area contributed by atoms with Crippen LogP contribution in [-0.2, 0) is 0 Å². The van der Waals surface area contributed by atoms with Crippen molar-refractivity contribution in [1.29, 1.82) is 0 Å². The van der Waals surface area contributed by atoms with Crippen molar-refractivity contribution in [3.8, 4) is 0 Å². The number of hydrogen-bond donors (Lipinski definition) is 1. The zero-order chi connectivity index (χ0) is 13.0. The van der Waals surface area contributed by atoms with Gasteiger partial charge in [-0.3, -0.25) is 9.69 Å². The average molecular weight is 267 g/mol. The smallest absolute Gasteiger partial charge is 0.289 e. The van der Waals surface area contributed by atoms with Gasteiger partial charge < -0.3 is 15.1 Å². The standard InChI is InChI=1S/C12H17N3O2S/c13-11(18)3-4-14-5-7-15(8-6-14)12(16)10-2-1-9-17-10/h1-2,9H,3-8H2,(H2,13,18). The molecule has 6 heteroatoms. The second kappa shape index (κ2) is 5.97. The maximum absolute atomic E-state index is 12.0. The molecule has 1 aliphatic heterocycles. The molecule has 0 aromatic carbocycles. The maximum Gasteiger partial charge on any atom is 0.289 e. The number of furan rings is 1. The van der Waals surface area contributed by atoms with Gasteiger partial charge in [-0.1, -0.05) is 12.2 Å². The van der Waals surface area contributed by atoms with E-state index in [0.29, 0.717) is 10.7 Å². The predicted octanol–water partition coefficient (Wildman–Crippen LogP) is 0.714. The molecule has 2 heterocycles. The third-order valence-electron chi connectivity index (χ3n) is 3.07. The fourth-order valence-electron chi connectivity index (χ4n) is 2.00. The van der Waals surface area contributed by atoms with E-state index in [1.54, 1.807) is 12.1 Å². The van der Waals surface area contributed by atoms with Crippen LogP contribution in [0.3, 0.4) is 0 Å². The summed E-state index contributed by atoms with van der Waals surface area (Å²) in [4.78, 5) is 16.6. The van der Waals surface area contributed by atoms with Crippen molar-refractivity contribution >= 4 is 23.1 Å². The lowest BCUT2D eigenvalue weighted by atomic mass is 10.2. The molecular weight excluding hydrogens is 250 g/mol. The number of thiocarbonyl (C=S) groups is 1. The lowest BCUT2D eigenvalue weighted by molar-refractivity contribution is 0.0609. The van der Waals surface area contributed by atoms with Crippen LogP contribution >= 0.6 is 12.2 Å². The Labute approximate surface area is 112 Å². The van der Waals surface area contributed by atoms with Crippen molar-refractivity contribution in [2.45, 2.75) is 6.42 Å². The minimum absolute atomic E-state index is 0.0333. The molecule has 2 N–H and O–H groups in total. The summed E-state index contributed by atoms with van der Waals surface area (Å²) < 4.78 is 5.12. The third-order valence-corrected chi connectivity index (χ3v) is 3.27. The van der Waals surface area contributed by atoms with Crippen LogP contribution in [0.4, 0.5) is 0 Å². The molecule has 0 unspecified atom stereocenters. The molecule has 0 bridgehead atoms. The summed E-state index contributed by atoms with van der Waals surface area (Å²) in [7, 11) is 0. The van der Waals surface area contributed by atoms with E-state index < -0.39 is 0 Å². The first-order chi connectivity index (χ1) is 8.66. The molecule has 1 aromatic heterocycles. The van der Waals surface area contributed by atoms with Crippen molar-refractivity contribution < 1.29 is 9.21 Å². The van der Waals surface area contributed by atoms with Gasteiger partial charge >= 0.3 is 0 Å². The number of carbonyl (C=O) groups is 1. The van der Waals surface area contributed by atoms with Gasteiger partial charge in [0.1, 0.15) is 0 Å². The second-order valence-electron chi connectivity index (χ2n) is 4.33. The number of hydrogen-bond acceptors (Lipinski definition) is 4. The van der Waals surface area contributed by atoms with Gasteiger partial charge in [0.25, 0.3) is 5.91 Å². The molecule has 0 radical (unpaired) electrons. The Morgan fingerprint density at radius 1 is 1.39 bits per heavy atom. The first kappa shape index (κ1) is 13.0. The number of amides is 1. The summed E-state index contributed by atoms with van der Waals surface area (Å²) in [5, 5.41) is 0. The summed E-state index contributed by atoms with van der Waals surface area (Å²) in [6.45, 7) is 4.02. The molecule has 1 saturated heterocycles. The van der Waals surface area contributed by atoms with E-state index >= 15 is 0 Å². The summed E-state index contributed by atoms with van der Waals surface area (Å²) in [5.74, 6) is 0.376. The highest BCUT2D eigenvalue weighted by atomic mass is 32.1. The normalized spacial score (nSPS) is 16.8. The largest absolute Gasteiger partial charge is 0.459 e. The van der Waals surface area contributed by atoms with Crippen molar-refractivity contribution in [1.82, 2.24) is 9.80 Å². The van der Waals surface area contributed by atoms with Crippen molar-refractivity contribution in [3.63, 3.8) is 0 Å². The lowest BCUT2D eigenvalue weighted by Gasteiger charge is -2.34. The molecule has 0 atom stereocenters. The van der Waals surface area contributed by atoms with E-state index in [1.165, 1.54) is 6.26 Å². The highest BCUT2D eigenvalue weighted by Gasteiger charge is 2.23. The fourth-order valence-corrected chi connectivity index (χ4v) is 2.09. The molecule has 0 saturated carbocycles. The minimum Gasteiger partial charge on any atom is -0.459 e. The average Bonchev–Trinajstić information content (AvgIpc) is 2.90. The van der Waals surface area contributed by atoms with E-state index in [2.05, 4.69) is 4.90 Å². The summed E-state index contributed by atoms with van der Waals surface area (Å²) >= 11 is 4.86. The van der Waals surface area contributed by atoms with Crippen LogP contribution in [0.5, 0.6) is 0 Å². The lowest BCUT2D eigenvalue weighted by Crippen LogP contribution is -2.49. The first-order valence-electron chi connectivity index (χ1n) is 6.00. The number of nitrogens with two attached hydrogens (primary N) is 1. The molecule has 5 nitrogen and oxygen atoms in total. The predicted molar refractivity (Wildman–Crippen MR) is 72.5 cm³/mol. The van der Waals surface area contributed by atoms with E-state index in [9.17, 15) is 4.79 Å². The molecule has 0 aliphatic carbocycles. The van der Waals surface area contributed by atoms with Crippen molar-refractivity contribution in [2.75, 3.05) is 32.7 Å². The molecule has 1 aliphatic rings. The van der Waals surface area contributed by atoms with Crippen LogP contribution in [0.2, 0.25) is 0 Å². The van der Waals surface area contributed by atoms with Crippen LogP contribution in [0.25, 0.3) is 0 Å². The van der Waals surface area contributed by atoms with E-state index in [4.69, 9.17) is 22.4 Å². The van der Waals surface area contributed by atoms with Crippen LogP contribution in [0, 0.1) is 0 Å². The Hall–Kier alpha value is -1.40. The molecular formula is C12H17N3O2S. The molecule has 98 valence electrons. The SMILES string of the molecule is NC(=S)CCN1CCN(C(=O)c2ccco2)CC1. The number of nitrogens with zero attached hydrogens (tertiary/aromatic N) is 2. The topological polar surface area (TPSA) is 62.7 Å². The van der Waals surface area contributed by atoms with Gasteiger partial charge in [-0.05, 0) is 12.1 Å². The summed E-state index contributed by atoms with van der Waals surface area (Å²) in [6, 6.07) is 3.42. The molecule has 1 fully saturated rings. The number of piperazine rings is 1.